The molecular formula is C15H15NO4S. The number of carbonyl (C=O) groups is 2. The molecule has 5 nitrogen and oxygen atoms in total. The molecule has 1 amide bonds. The van der Waals surface area contributed by atoms with Crippen LogP contribution in [0.2, 0.25) is 0 Å². The van der Waals surface area contributed by atoms with E-state index in [1.54, 1.807) is 23.6 Å². The Hall–Kier alpha value is -2.34. The fraction of sp³-hybridized carbons (Fsp3) is 0.200. The smallest absolute Gasteiger partial charge is 0.331 e. The number of thiophene rings is 1. The van der Waals surface area contributed by atoms with Crippen molar-refractivity contribution in [2.75, 3.05) is 6.61 Å². The van der Waals surface area contributed by atoms with E-state index in [1.165, 1.54) is 11.3 Å². The Kier molecular flexibility index (Phi) is 4.94. The van der Waals surface area contributed by atoms with E-state index in [0.29, 0.717) is 10.6 Å². The van der Waals surface area contributed by atoms with Crippen LogP contribution in [0.1, 0.15) is 16.5 Å². The van der Waals surface area contributed by atoms with Gasteiger partial charge in [-0.3, -0.25) is 4.79 Å². The van der Waals surface area contributed by atoms with Crippen LogP contribution >= 0.6 is 11.3 Å². The van der Waals surface area contributed by atoms with Crippen molar-refractivity contribution in [3.05, 3.63) is 52.2 Å². The average molecular weight is 305 g/mol. The summed E-state index contributed by atoms with van der Waals surface area (Å²) >= 11 is 1.28. The minimum Gasteiger partial charge on any atom is -0.484 e. The number of hydrogen-bond acceptors (Lipinski definition) is 4. The molecule has 2 aromatic rings. The first-order chi connectivity index (χ1) is 10.1. The highest BCUT2D eigenvalue weighted by Crippen LogP contribution is 2.19. The average Bonchev–Trinajstić information content (AvgIpc) is 2.97. The Morgan fingerprint density at radius 3 is 2.67 bits per heavy atom. The molecule has 0 aliphatic rings. The molecule has 1 heterocycles. The fourth-order valence-corrected chi connectivity index (χ4v) is 2.54. The number of para-hydroxylation sites is 1. The van der Waals surface area contributed by atoms with Gasteiger partial charge in [0.1, 0.15) is 5.75 Å². The number of carboxylic acids is 1. The van der Waals surface area contributed by atoms with Gasteiger partial charge in [0.2, 0.25) is 0 Å². The van der Waals surface area contributed by atoms with E-state index in [0.717, 1.165) is 5.56 Å². The minimum absolute atomic E-state index is 0.222. The number of aryl methyl sites for hydroxylation is 1. The normalized spacial score (nSPS) is 11.7. The van der Waals surface area contributed by atoms with Crippen LogP contribution in [0.5, 0.6) is 5.75 Å². The molecule has 21 heavy (non-hydrogen) atoms. The van der Waals surface area contributed by atoms with Crippen molar-refractivity contribution in [3.63, 3.8) is 0 Å². The molecule has 0 fully saturated rings. The fourth-order valence-electron chi connectivity index (χ4n) is 1.77. The van der Waals surface area contributed by atoms with Crippen molar-refractivity contribution in [1.82, 2.24) is 5.32 Å². The van der Waals surface area contributed by atoms with E-state index in [-0.39, 0.29) is 6.61 Å². The number of ether oxygens (including phenoxy) is 1. The molecule has 2 N–H and O–H groups in total. The molecule has 110 valence electrons. The molecule has 0 radical (unpaired) electrons. The summed E-state index contributed by atoms with van der Waals surface area (Å²) < 4.78 is 5.39. The zero-order valence-corrected chi connectivity index (χ0v) is 12.2. The maximum atomic E-state index is 11.8. The van der Waals surface area contributed by atoms with Crippen molar-refractivity contribution < 1.29 is 19.4 Å². The zero-order chi connectivity index (χ0) is 15.2. The minimum atomic E-state index is -1.10. The van der Waals surface area contributed by atoms with Crippen LogP contribution < -0.4 is 10.1 Å². The largest absolute Gasteiger partial charge is 0.484 e. The maximum Gasteiger partial charge on any atom is 0.331 e. The highest BCUT2D eigenvalue weighted by molar-refractivity contribution is 7.10. The van der Waals surface area contributed by atoms with E-state index < -0.39 is 17.9 Å². The van der Waals surface area contributed by atoms with Crippen LogP contribution in [-0.4, -0.2) is 23.6 Å². The Balaban J connectivity index is 1.94. The van der Waals surface area contributed by atoms with Crippen LogP contribution in [0.4, 0.5) is 0 Å². The SMILES string of the molecule is Cc1ccccc1OCC(=O)NC(C(=O)O)c1cccs1. The van der Waals surface area contributed by atoms with Crippen LogP contribution in [-0.2, 0) is 9.59 Å². The van der Waals surface area contributed by atoms with Crippen molar-refractivity contribution in [3.8, 4) is 5.75 Å². The molecule has 0 spiro atoms. The number of amides is 1. The first-order valence-electron chi connectivity index (χ1n) is 6.32. The van der Waals surface area contributed by atoms with Gasteiger partial charge in [-0.15, -0.1) is 11.3 Å². The van der Waals surface area contributed by atoms with E-state index in [9.17, 15) is 14.7 Å². The molecule has 1 atom stereocenters. The van der Waals surface area contributed by atoms with Gasteiger partial charge in [0.05, 0.1) is 0 Å². The first-order valence-corrected chi connectivity index (χ1v) is 7.20. The number of hydrogen-bond donors (Lipinski definition) is 2. The van der Waals surface area contributed by atoms with Gasteiger partial charge in [-0.25, -0.2) is 4.79 Å². The Morgan fingerprint density at radius 2 is 2.05 bits per heavy atom. The second kappa shape index (κ2) is 6.90. The quantitative estimate of drug-likeness (QED) is 0.859. The molecule has 0 saturated carbocycles. The third kappa shape index (κ3) is 4.06. The summed E-state index contributed by atoms with van der Waals surface area (Å²) in [5.74, 6) is -0.962. The van der Waals surface area contributed by atoms with Gasteiger partial charge in [-0.2, -0.15) is 0 Å². The van der Waals surface area contributed by atoms with E-state index in [2.05, 4.69) is 5.32 Å². The highest BCUT2D eigenvalue weighted by atomic mass is 32.1. The molecule has 0 saturated heterocycles. The van der Waals surface area contributed by atoms with Crippen molar-refractivity contribution in [2.24, 2.45) is 0 Å². The van der Waals surface area contributed by atoms with Crippen LogP contribution in [0.15, 0.2) is 41.8 Å². The number of nitrogens with one attached hydrogen (secondary N) is 1. The predicted molar refractivity (Wildman–Crippen MR) is 79.5 cm³/mol. The van der Waals surface area contributed by atoms with Gasteiger partial charge in [-0.05, 0) is 30.0 Å². The van der Waals surface area contributed by atoms with Gasteiger partial charge in [0.25, 0.3) is 5.91 Å². The number of rotatable bonds is 6. The monoisotopic (exact) mass is 305 g/mol. The summed E-state index contributed by atoms with van der Waals surface area (Å²) in [6.07, 6.45) is 0. The van der Waals surface area contributed by atoms with Crippen molar-refractivity contribution in [1.29, 1.82) is 0 Å². The topological polar surface area (TPSA) is 75.6 Å². The number of carbonyl (C=O) groups excluding carboxylic acids is 1. The zero-order valence-electron chi connectivity index (χ0n) is 11.4. The summed E-state index contributed by atoms with van der Waals surface area (Å²) in [6, 6.07) is 9.69. The molecule has 1 aromatic carbocycles. The molecule has 2 rings (SSSR count). The third-order valence-electron chi connectivity index (χ3n) is 2.83. The summed E-state index contributed by atoms with van der Waals surface area (Å²) in [4.78, 5) is 23.6. The first kappa shape index (κ1) is 15.1. The number of carboxylic acid groups (broad SMARTS) is 1. The lowest BCUT2D eigenvalue weighted by atomic mass is 10.2. The standard InChI is InChI=1S/C15H15NO4S/c1-10-5-2-3-6-11(10)20-9-13(17)16-14(15(18)19)12-7-4-8-21-12/h2-8,14H,9H2,1H3,(H,16,17)(H,18,19). The van der Waals surface area contributed by atoms with Gasteiger partial charge in [-0.1, -0.05) is 24.3 Å². The van der Waals surface area contributed by atoms with Crippen LogP contribution in [0.25, 0.3) is 0 Å². The molecular weight excluding hydrogens is 290 g/mol. The van der Waals surface area contributed by atoms with Crippen LogP contribution in [0.3, 0.4) is 0 Å². The second-order valence-electron chi connectivity index (χ2n) is 4.41. The summed E-state index contributed by atoms with van der Waals surface area (Å²) in [5.41, 5.74) is 0.915. The van der Waals surface area contributed by atoms with Gasteiger partial charge in [0.15, 0.2) is 12.6 Å². The number of aliphatic carboxylic acids is 1. The molecule has 6 heteroatoms. The van der Waals surface area contributed by atoms with Crippen molar-refractivity contribution in [2.45, 2.75) is 13.0 Å². The van der Waals surface area contributed by atoms with Gasteiger partial charge >= 0.3 is 5.97 Å². The molecule has 1 unspecified atom stereocenters. The molecule has 1 aromatic heterocycles. The third-order valence-corrected chi connectivity index (χ3v) is 3.77. The predicted octanol–water partition coefficient (Wildman–Crippen LogP) is 2.38. The molecule has 0 aliphatic heterocycles. The van der Waals surface area contributed by atoms with E-state index in [4.69, 9.17) is 4.74 Å². The second-order valence-corrected chi connectivity index (χ2v) is 5.39. The number of benzene rings is 1. The lowest BCUT2D eigenvalue weighted by molar-refractivity contribution is -0.142. The summed E-state index contributed by atoms with van der Waals surface area (Å²) in [5, 5.41) is 13.4. The van der Waals surface area contributed by atoms with Gasteiger partial charge in [0, 0.05) is 4.88 Å². The van der Waals surface area contributed by atoms with E-state index >= 15 is 0 Å². The molecule has 0 aliphatic carbocycles. The van der Waals surface area contributed by atoms with Gasteiger partial charge < -0.3 is 15.2 Å². The Labute approximate surface area is 126 Å². The summed E-state index contributed by atoms with van der Waals surface area (Å²) in [7, 11) is 0. The van der Waals surface area contributed by atoms with E-state index in [1.807, 2.05) is 25.1 Å². The van der Waals surface area contributed by atoms with Crippen LogP contribution in [0, 0.1) is 6.92 Å². The lowest BCUT2D eigenvalue weighted by Crippen LogP contribution is -2.36. The molecule has 0 bridgehead atoms. The Morgan fingerprint density at radius 1 is 1.29 bits per heavy atom. The Bertz CT molecular complexity index is 624. The lowest BCUT2D eigenvalue weighted by Gasteiger charge is -2.14. The highest BCUT2D eigenvalue weighted by Gasteiger charge is 2.23. The van der Waals surface area contributed by atoms with Crippen molar-refractivity contribution >= 4 is 23.2 Å². The summed E-state index contributed by atoms with van der Waals surface area (Å²) in [6.45, 7) is 1.65. The maximum absolute atomic E-state index is 11.8.